The zero-order chi connectivity index (χ0) is 17.5. The lowest BCUT2D eigenvalue weighted by molar-refractivity contribution is -0.216. The first-order valence-corrected chi connectivity index (χ1v) is 9.25. The Morgan fingerprint density at radius 1 is 0.957 bits per heavy atom. The number of hydrogen-bond donors (Lipinski definition) is 1. The Morgan fingerprint density at radius 3 is 1.96 bits per heavy atom. The molecule has 0 aliphatic heterocycles. The number of hydroxylamine groups is 2. The fourth-order valence-corrected chi connectivity index (χ4v) is 2.49. The molecule has 0 bridgehead atoms. The van der Waals surface area contributed by atoms with E-state index < -0.39 is 12.3 Å². The highest BCUT2D eigenvalue weighted by Crippen LogP contribution is 2.13. The zero-order valence-electron chi connectivity index (χ0n) is 15.6. The summed E-state index contributed by atoms with van der Waals surface area (Å²) in [5, 5.41) is 9.86. The third kappa shape index (κ3) is 13.3. The van der Waals surface area contributed by atoms with E-state index in [0.717, 1.165) is 23.8 Å². The summed E-state index contributed by atoms with van der Waals surface area (Å²) < 4.78 is 5.52. The first kappa shape index (κ1) is 22.2. The topological polar surface area (TPSA) is 59.0 Å². The number of nitrogens with zero attached hydrogens (tertiary/aromatic N) is 1. The number of carbonyl (C=O) groups is 1. The van der Waals surface area contributed by atoms with Gasteiger partial charge >= 0.3 is 6.09 Å². The highest BCUT2D eigenvalue weighted by molar-refractivity contribution is 5.63. The van der Waals surface area contributed by atoms with E-state index in [-0.39, 0.29) is 0 Å². The van der Waals surface area contributed by atoms with Crippen LogP contribution in [0.3, 0.4) is 0 Å². The molecule has 0 aliphatic carbocycles. The molecule has 0 rings (SSSR count). The SMILES string of the molecule is CCON(C(=O)O)C(C)OCCCCCCCCCCC(C)C. The van der Waals surface area contributed by atoms with Gasteiger partial charge in [-0.3, -0.25) is 4.84 Å². The van der Waals surface area contributed by atoms with Gasteiger partial charge < -0.3 is 9.84 Å². The smallest absolute Gasteiger partial charge is 0.434 e. The van der Waals surface area contributed by atoms with E-state index >= 15 is 0 Å². The van der Waals surface area contributed by atoms with Crippen molar-refractivity contribution in [2.45, 2.75) is 91.7 Å². The van der Waals surface area contributed by atoms with Crippen LogP contribution in [0, 0.1) is 5.92 Å². The summed E-state index contributed by atoms with van der Waals surface area (Å²) >= 11 is 0. The van der Waals surface area contributed by atoms with Gasteiger partial charge in [-0.05, 0) is 26.2 Å². The summed E-state index contributed by atoms with van der Waals surface area (Å²) in [5.74, 6) is 0.831. The molecule has 0 radical (unpaired) electrons. The lowest BCUT2D eigenvalue weighted by Gasteiger charge is -2.24. The van der Waals surface area contributed by atoms with Crippen molar-refractivity contribution in [1.29, 1.82) is 0 Å². The Balaban J connectivity index is 3.43. The van der Waals surface area contributed by atoms with Crippen LogP contribution in [-0.2, 0) is 9.57 Å². The lowest BCUT2D eigenvalue weighted by Crippen LogP contribution is -2.39. The predicted octanol–water partition coefficient (Wildman–Crippen LogP) is 5.45. The molecule has 1 amide bonds. The number of carboxylic acid groups (broad SMARTS) is 1. The second-order valence-electron chi connectivity index (χ2n) is 6.51. The van der Waals surface area contributed by atoms with Crippen molar-refractivity contribution in [2.75, 3.05) is 13.2 Å². The van der Waals surface area contributed by atoms with Crippen LogP contribution in [-0.4, -0.2) is 35.7 Å². The molecule has 1 N–H and O–H groups in total. The van der Waals surface area contributed by atoms with Crippen LogP contribution in [0.1, 0.15) is 85.5 Å². The maximum atomic E-state index is 11.0. The van der Waals surface area contributed by atoms with E-state index in [1.54, 1.807) is 13.8 Å². The van der Waals surface area contributed by atoms with E-state index in [1.165, 1.54) is 44.9 Å². The largest absolute Gasteiger partial charge is 0.463 e. The maximum absolute atomic E-state index is 11.0. The molecule has 0 aliphatic rings. The van der Waals surface area contributed by atoms with Gasteiger partial charge in [-0.1, -0.05) is 65.2 Å². The van der Waals surface area contributed by atoms with Crippen LogP contribution >= 0.6 is 0 Å². The number of hydrogen-bond acceptors (Lipinski definition) is 3. The molecule has 23 heavy (non-hydrogen) atoms. The zero-order valence-corrected chi connectivity index (χ0v) is 15.6. The van der Waals surface area contributed by atoms with Crippen LogP contribution in [0.15, 0.2) is 0 Å². The van der Waals surface area contributed by atoms with Gasteiger partial charge in [-0.25, -0.2) is 4.79 Å². The van der Waals surface area contributed by atoms with Crippen LogP contribution in [0.2, 0.25) is 0 Å². The van der Waals surface area contributed by atoms with E-state index in [0.29, 0.717) is 13.2 Å². The van der Waals surface area contributed by atoms with Gasteiger partial charge in [0.15, 0.2) is 6.23 Å². The minimum absolute atomic E-state index is 0.317. The molecule has 0 aromatic carbocycles. The van der Waals surface area contributed by atoms with Crippen molar-refractivity contribution < 1.29 is 19.5 Å². The Bertz CT molecular complexity index is 284. The molecule has 0 saturated carbocycles. The van der Waals surface area contributed by atoms with Crippen molar-refractivity contribution in [3.05, 3.63) is 0 Å². The summed E-state index contributed by atoms with van der Waals surface area (Å²) in [5.41, 5.74) is 0. The minimum Gasteiger partial charge on any atom is -0.463 e. The highest BCUT2D eigenvalue weighted by Gasteiger charge is 2.20. The van der Waals surface area contributed by atoms with Gasteiger partial charge in [0.1, 0.15) is 0 Å². The first-order valence-electron chi connectivity index (χ1n) is 9.25. The van der Waals surface area contributed by atoms with Gasteiger partial charge in [0.05, 0.1) is 6.61 Å². The average Bonchev–Trinajstić information content (AvgIpc) is 2.49. The molecule has 5 heteroatoms. The monoisotopic (exact) mass is 331 g/mol. The second kappa shape index (κ2) is 14.8. The third-order valence-corrected chi connectivity index (χ3v) is 3.82. The van der Waals surface area contributed by atoms with Crippen LogP contribution in [0.25, 0.3) is 0 Å². The molecule has 138 valence electrons. The van der Waals surface area contributed by atoms with E-state index in [9.17, 15) is 4.79 Å². The Morgan fingerprint density at radius 2 is 1.48 bits per heavy atom. The van der Waals surface area contributed by atoms with Gasteiger partial charge in [0, 0.05) is 6.61 Å². The predicted molar refractivity (Wildman–Crippen MR) is 93.3 cm³/mol. The molecule has 0 saturated heterocycles. The van der Waals surface area contributed by atoms with Gasteiger partial charge in [0.25, 0.3) is 0 Å². The van der Waals surface area contributed by atoms with E-state index in [4.69, 9.17) is 14.7 Å². The van der Waals surface area contributed by atoms with Crippen molar-refractivity contribution in [3.8, 4) is 0 Å². The molecule has 0 fully saturated rings. The molecule has 0 heterocycles. The summed E-state index contributed by atoms with van der Waals surface area (Å²) in [4.78, 5) is 16.0. The molecule has 0 spiro atoms. The third-order valence-electron chi connectivity index (χ3n) is 3.82. The van der Waals surface area contributed by atoms with Crippen LogP contribution < -0.4 is 0 Å². The van der Waals surface area contributed by atoms with Crippen molar-refractivity contribution in [2.24, 2.45) is 5.92 Å². The number of amides is 1. The second-order valence-corrected chi connectivity index (χ2v) is 6.51. The summed E-state index contributed by atoms with van der Waals surface area (Å²) in [7, 11) is 0. The maximum Gasteiger partial charge on any atom is 0.434 e. The van der Waals surface area contributed by atoms with Crippen LogP contribution in [0.5, 0.6) is 0 Å². The summed E-state index contributed by atoms with van der Waals surface area (Å²) in [6.07, 6.45) is 9.71. The van der Waals surface area contributed by atoms with E-state index in [1.807, 2.05) is 0 Å². The number of ether oxygens (including phenoxy) is 1. The van der Waals surface area contributed by atoms with Crippen molar-refractivity contribution in [1.82, 2.24) is 5.06 Å². The van der Waals surface area contributed by atoms with Crippen LogP contribution in [0.4, 0.5) is 4.79 Å². The summed E-state index contributed by atoms with van der Waals surface area (Å²) in [6, 6.07) is 0. The Labute approximate surface area is 142 Å². The highest BCUT2D eigenvalue weighted by atomic mass is 16.7. The molecular weight excluding hydrogens is 294 g/mol. The van der Waals surface area contributed by atoms with Gasteiger partial charge in [-0.15, -0.1) is 0 Å². The molecule has 1 atom stereocenters. The van der Waals surface area contributed by atoms with Crippen molar-refractivity contribution >= 4 is 6.09 Å². The van der Waals surface area contributed by atoms with E-state index in [2.05, 4.69) is 13.8 Å². The fraction of sp³-hybridized carbons (Fsp3) is 0.944. The lowest BCUT2D eigenvalue weighted by atomic mass is 10.0. The summed E-state index contributed by atoms with van der Waals surface area (Å²) in [6.45, 7) is 8.91. The van der Waals surface area contributed by atoms with Gasteiger partial charge in [0.2, 0.25) is 0 Å². The molecule has 5 nitrogen and oxygen atoms in total. The Kier molecular flexibility index (Phi) is 14.2. The Hall–Kier alpha value is -0.810. The van der Waals surface area contributed by atoms with Gasteiger partial charge in [-0.2, -0.15) is 5.06 Å². The average molecular weight is 331 g/mol. The first-order chi connectivity index (χ1) is 11.0. The molecule has 1 unspecified atom stereocenters. The number of unbranched alkanes of at least 4 members (excludes halogenated alkanes) is 7. The minimum atomic E-state index is -1.11. The number of rotatable bonds is 15. The molecule has 0 aromatic heterocycles. The standard InChI is InChI=1S/C18H37NO4/c1-5-23-19(18(20)21)17(4)22-15-13-11-9-7-6-8-10-12-14-16(2)3/h16-17H,5-15H2,1-4H3,(H,20,21). The quantitative estimate of drug-likeness (QED) is 0.246. The fourth-order valence-electron chi connectivity index (χ4n) is 2.49. The normalized spacial score (nSPS) is 12.6. The molecule has 0 aromatic rings. The molecular formula is C18H37NO4. The van der Waals surface area contributed by atoms with Crippen molar-refractivity contribution in [3.63, 3.8) is 0 Å².